The molecule has 0 spiro atoms. The van der Waals surface area contributed by atoms with Gasteiger partial charge in [0.15, 0.2) is 0 Å². The quantitative estimate of drug-likeness (QED) is 0.820. The lowest BCUT2D eigenvalue weighted by Crippen LogP contribution is -2.26. The Kier molecular flexibility index (Phi) is 4.29. The zero-order valence-electron chi connectivity index (χ0n) is 7.81. The number of hydrogen-bond donors (Lipinski definition) is 1. The van der Waals surface area contributed by atoms with Gasteiger partial charge in [-0.3, -0.25) is 0 Å². The Labute approximate surface area is 87.1 Å². The van der Waals surface area contributed by atoms with Crippen LogP contribution in [0.3, 0.4) is 0 Å². The van der Waals surface area contributed by atoms with E-state index in [0.29, 0.717) is 17.1 Å². The Morgan fingerprint density at radius 1 is 1.43 bits per heavy atom. The highest BCUT2D eigenvalue weighted by Crippen LogP contribution is 2.22. The molecule has 1 N–H and O–H groups in total. The predicted molar refractivity (Wildman–Crippen MR) is 53.9 cm³/mol. The Morgan fingerprint density at radius 3 is 2.64 bits per heavy atom. The van der Waals surface area contributed by atoms with Crippen molar-refractivity contribution in [3.63, 3.8) is 0 Å². The Bertz CT molecular complexity index is 291. The molecule has 1 aromatic rings. The van der Waals surface area contributed by atoms with Crippen molar-refractivity contribution in [2.45, 2.75) is 19.4 Å². The molecule has 0 radical (unpaired) electrons. The van der Waals surface area contributed by atoms with Gasteiger partial charge in [-0.15, -0.1) is 0 Å². The third-order valence-corrected chi connectivity index (χ3v) is 2.12. The summed E-state index contributed by atoms with van der Waals surface area (Å²) in [5.74, 6) is 0. The summed E-state index contributed by atoms with van der Waals surface area (Å²) in [6, 6.07) is 5.61. The Hall–Kier alpha value is -0.670. The van der Waals surface area contributed by atoms with E-state index in [0.717, 1.165) is 0 Å². The first-order valence-corrected chi connectivity index (χ1v) is 4.80. The van der Waals surface area contributed by atoms with Gasteiger partial charge in [-0.2, -0.15) is 0 Å². The fraction of sp³-hybridized carbons (Fsp3) is 0.400. The molecule has 78 valence electrons. The van der Waals surface area contributed by atoms with E-state index in [4.69, 9.17) is 11.6 Å². The normalized spacial score (nSPS) is 13.2. The topological polar surface area (TPSA) is 12.0 Å². The van der Waals surface area contributed by atoms with Gasteiger partial charge in [0.2, 0.25) is 0 Å². The van der Waals surface area contributed by atoms with Crippen molar-refractivity contribution in [3.8, 4) is 0 Å². The second-order valence-electron chi connectivity index (χ2n) is 2.92. The minimum absolute atomic E-state index is 0.478. The number of rotatable bonds is 4. The highest BCUT2D eigenvalue weighted by atomic mass is 35.5. The molecule has 0 aliphatic rings. The molecular weight excluding hydrogens is 208 g/mol. The molecule has 1 atom stereocenters. The maximum absolute atomic E-state index is 12.6. The largest absolute Gasteiger partial charge is 0.306 e. The molecule has 0 bridgehead atoms. The van der Waals surface area contributed by atoms with Crippen LogP contribution < -0.4 is 5.32 Å². The van der Waals surface area contributed by atoms with Crippen LogP contribution in [-0.2, 0) is 0 Å². The van der Waals surface area contributed by atoms with Gasteiger partial charge in [0, 0.05) is 5.02 Å². The predicted octanol–water partition coefficient (Wildman–Crippen LogP) is 3.26. The third kappa shape index (κ3) is 2.93. The molecule has 1 rings (SSSR count). The number of alkyl halides is 2. The van der Waals surface area contributed by atoms with Crippen molar-refractivity contribution in [3.05, 3.63) is 34.9 Å². The fourth-order valence-corrected chi connectivity index (χ4v) is 1.47. The van der Waals surface area contributed by atoms with Gasteiger partial charge < -0.3 is 5.32 Å². The lowest BCUT2D eigenvalue weighted by atomic mass is 10.1. The fourth-order valence-electron chi connectivity index (χ4n) is 1.27. The molecule has 1 nitrogen and oxygen atoms in total. The summed E-state index contributed by atoms with van der Waals surface area (Å²) in [5.41, 5.74) is 0.523. The van der Waals surface area contributed by atoms with Crippen LogP contribution in [0.2, 0.25) is 5.02 Å². The summed E-state index contributed by atoms with van der Waals surface area (Å²) in [5, 5.41) is 3.19. The van der Waals surface area contributed by atoms with Gasteiger partial charge in [-0.1, -0.05) is 30.7 Å². The first-order valence-electron chi connectivity index (χ1n) is 4.42. The average molecular weight is 220 g/mol. The number of hydrogen-bond acceptors (Lipinski definition) is 1. The van der Waals surface area contributed by atoms with E-state index in [1.165, 1.54) is 0 Å². The smallest absolute Gasteiger partial charge is 0.257 e. The molecule has 0 amide bonds. The van der Waals surface area contributed by atoms with E-state index in [1.807, 2.05) is 0 Å². The summed E-state index contributed by atoms with van der Waals surface area (Å²) in [6.45, 7) is 2.29. The summed E-state index contributed by atoms with van der Waals surface area (Å²) < 4.78 is 25.2. The SMILES string of the molecule is CCNC(c1cccc(Cl)c1)C(F)F. The average Bonchev–Trinajstić information content (AvgIpc) is 2.13. The molecular formula is C10H12ClF2N. The zero-order valence-corrected chi connectivity index (χ0v) is 8.56. The van der Waals surface area contributed by atoms with Gasteiger partial charge in [-0.25, -0.2) is 8.78 Å². The van der Waals surface area contributed by atoms with E-state index >= 15 is 0 Å². The third-order valence-electron chi connectivity index (χ3n) is 1.88. The number of benzene rings is 1. The van der Waals surface area contributed by atoms with Crippen LogP contribution in [0.5, 0.6) is 0 Å². The minimum atomic E-state index is -2.42. The van der Waals surface area contributed by atoms with Crippen LogP contribution in [0.25, 0.3) is 0 Å². The first kappa shape index (κ1) is 11.4. The van der Waals surface area contributed by atoms with Crippen molar-refractivity contribution in [2.24, 2.45) is 0 Å². The lowest BCUT2D eigenvalue weighted by molar-refractivity contribution is 0.0993. The molecule has 0 aliphatic carbocycles. The molecule has 0 fully saturated rings. The van der Waals surface area contributed by atoms with Crippen molar-refractivity contribution in [1.29, 1.82) is 0 Å². The molecule has 0 aliphatic heterocycles. The van der Waals surface area contributed by atoms with Crippen LogP contribution in [-0.4, -0.2) is 13.0 Å². The summed E-state index contributed by atoms with van der Waals surface area (Å²) in [7, 11) is 0. The maximum Gasteiger partial charge on any atom is 0.257 e. The Balaban J connectivity index is 2.87. The lowest BCUT2D eigenvalue weighted by Gasteiger charge is -2.17. The van der Waals surface area contributed by atoms with Gasteiger partial charge in [0.05, 0.1) is 6.04 Å². The summed E-state index contributed by atoms with van der Waals surface area (Å²) >= 11 is 5.72. The molecule has 0 saturated carbocycles. The molecule has 0 heterocycles. The van der Waals surface area contributed by atoms with Gasteiger partial charge in [-0.05, 0) is 24.2 Å². The minimum Gasteiger partial charge on any atom is -0.306 e. The van der Waals surface area contributed by atoms with Gasteiger partial charge in [0.25, 0.3) is 6.43 Å². The second-order valence-corrected chi connectivity index (χ2v) is 3.36. The van der Waals surface area contributed by atoms with Gasteiger partial charge in [0.1, 0.15) is 0 Å². The highest BCUT2D eigenvalue weighted by Gasteiger charge is 2.20. The van der Waals surface area contributed by atoms with Crippen LogP contribution in [0, 0.1) is 0 Å². The first-order chi connectivity index (χ1) is 6.65. The highest BCUT2D eigenvalue weighted by molar-refractivity contribution is 6.30. The molecule has 1 aromatic carbocycles. The van der Waals surface area contributed by atoms with Crippen LogP contribution >= 0.6 is 11.6 Å². The van der Waals surface area contributed by atoms with E-state index in [-0.39, 0.29) is 0 Å². The molecule has 4 heteroatoms. The molecule has 0 aromatic heterocycles. The van der Waals surface area contributed by atoms with E-state index < -0.39 is 12.5 Å². The molecule has 14 heavy (non-hydrogen) atoms. The second kappa shape index (κ2) is 5.27. The van der Waals surface area contributed by atoms with Gasteiger partial charge >= 0.3 is 0 Å². The molecule has 1 unspecified atom stereocenters. The number of nitrogens with one attached hydrogen (secondary N) is 1. The van der Waals surface area contributed by atoms with Crippen LogP contribution in [0.15, 0.2) is 24.3 Å². The van der Waals surface area contributed by atoms with E-state index in [2.05, 4.69) is 5.32 Å². The van der Waals surface area contributed by atoms with Crippen molar-refractivity contribution < 1.29 is 8.78 Å². The Morgan fingerprint density at radius 2 is 2.14 bits per heavy atom. The maximum atomic E-state index is 12.6. The van der Waals surface area contributed by atoms with E-state index in [1.54, 1.807) is 31.2 Å². The standard InChI is InChI=1S/C10H12ClF2N/c1-2-14-9(10(12)13)7-4-3-5-8(11)6-7/h3-6,9-10,14H,2H2,1H3. The summed E-state index contributed by atoms with van der Waals surface area (Å²) in [6.07, 6.45) is -2.42. The monoisotopic (exact) mass is 219 g/mol. The zero-order chi connectivity index (χ0) is 10.6. The van der Waals surface area contributed by atoms with E-state index in [9.17, 15) is 8.78 Å². The number of halogens is 3. The van der Waals surface area contributed by atoms with Crippen molar-refractivity contribution in [1.82, 2.24) is 5.32 Å². The molecule has 0 saturated heterocycles. The van der Waals surface area contributed by atoms with Crippen LogP contribution in [0.4, 0.5) is 8.78 Å². The van der Waals surface area contributed by atoms with Crippen LogP contribution in [0.1, 0.15) is 18.5 Å². The summed E-state index contributed by atoms with van der Waals surface area (Å²) in [4.78, 5) is 0. The van der Waals surface area contributed by atoms with Crippen molar-refractivity contribution in [2.75, 3.05) is 6.54 Å². The van der Waals surface area contributed by atoms with Crippen molar-refractivity contribution >= 4 is 11.6 Å².